The van der Waals surface area contributed by atoms with Gasteiger partial charge in [-0.3, -0.25) is 4.99 Å². The second kappa shape index (κ2) is 9.19. The minimum Gasteiger partial charge on any atom is -0.492 e. The van der Waals surface area contributed by atoms with E-state index >= 15 is 0 Å². The van der Waals surface area contributed by atoms with Crippen LogP contribution in [0.3, 0.4) is 0 Å². The number of aliphatic imine (C=N–C) groups is 1. The quantitative estimate of drug-likeness (QED) is 0.350. The van der Waals surface area contributed by atoms with Crippen LogP contribution in [0.2, 0.25) is 0 Å². The SMILES string of the molecule is CN=C(NCCNS(C)(=O)=O)NCCOc1ccccc1. The van der Waals surface area contributed by atoms with Crippen LogP contribution in [0, 0.1) is 0 Å². The third kappa shape index (κ3) is 8.87. The van der Waals surface area contributed by atoms with E-state index in [1.54, 1.807) is 7.05 Å². The fourth-order valence-corrected chi connectivity index (χ4v) is 1.97. The van der Waals surface area contributed by atoms with Crippen molar-refractivity contribution in [2.75, 3.05) is 39.5 Å². The minimum absolute atomic E-state index is 0.306. The summed E-state index contributed by atoms with van der Waals surface area (Å²) in [7, 11) is -1.50. The number of ether oxygens (including phenoxy) is 1. The molecule has 0 aliphatic carbocycles. The molecule has 0 radical (unpaired) electrons. The van der Waals surface area contributed by atoms with E-state index in [0.717, 1.165) is 12.0 Å². The van der Waals surface area contributed by atoms with Crippen molar-refractivity contribution in [3.8, 4) is 5.75 Å². The Bertz CT molecular complexity index is 532. The van der Waals surface area contributed by atoms with E-state index in [9.17, 15) is 8.42 Å². The van der Waals surface area contributed by atoms with Crippen molar-refractivity contribution < 1.29 is 13.2 Å². The van der Waals surface area contributed by atoms with Gasteiger partial charge in [0.1, 0.15) is 12.4 Å². The van der Waals surface area contributed by atoms with Crippen LogP contribution in [-0.4, -0.2) is 53.9 Å². The lowest BCUT2D eigenvalue weighted by molar-refractivity contribution is 0.322. The topological polar surface area (TPSA) is 91.8 Å². The Balaban J connectivity index is 2.14. The molecule has 0 saturated carbocycles. The number of hydrogen-bond acceptors (Lipinski definition) is 4. The number of rotatable bonds is 8. The van der Waals surface area contributed by atoms with Gasteiger partial charge >= 0.3 is 0 Å². The molecule has 7 nitrogen and oxygen atoms in total. The molecule has 1 aromatic carbocycles. The molecule has 0 amide bonds. The van der Waals surface area contributed by atoms with Crippen molar-refractivity contribution >= 4 is 16.0 Å². The zero-order valence-electron chi connectivity index (χ0n) is 12.3. The molecule has 0 atom stereocenters. The van der Waals surface area contributed by atoms with Crippen LogP contribution in [0.25, 0.3) is 0 Å². The third-order valence-electron chi connectivity index (χ3n) is 2.41. The average molecular weight is 314 g/mol. The first-order valence-electron chi connectivity index (χ1n) is 6.58. The summed E-state index contributed by atoms with van der Waals surface area (Å²) in [4.78, 5) is 4.03. The summed E-state index contributed by atoms with van der Waals surface area (Å²) in [5, 5.41) is 6.07. The molecule has 0 bridgehead atoms. The highest BCUT2D eigenvalue weighted by Crippen LogP contribution is 2.07. The van der Waals surface area contributed by atoms with Gasteiger partial charge in [0.15, 0.2) is 5.96 Å². The molecule has 0 fully saturated rings. The van der Waals surface area contributed by atoms with Gasteiger partial charge in [0, 0.05) is 20.1 Å². The number of guanidine groups is 1. The molecule has 0 unspecified atom stereocenters. The number of para-hydroxylation sites is 1. The van der Waals surface area contributed by atoms with Gasteiger partial charge < -0.3 is 15.4 Å². The van der Waals surface area contributed by atoms with Crippen LogP contribution in [0.4, 0.5) is 0 Å². The molecule has 0 heterocycles. The molecule has 118 valence electrons. The first-order chi connectivity index (χ1) is 10.0. The predicted molar refractivity (Wildman–Crippen MR) is 84.1 cm³/mol. The monoisotopic (exact) mass is 314 g/mol. The summed E-state index contributed by atoms with van der Waals surface area (Å²) in [5.74, 6) is 1.42. The molecule has 1 aromatic rings. The molecule has 3 N–H and O–H groups in total. The van der Waals surface area contributed by atoms with Gasteiger partial charge in [-0.2, -0.15) is 0 Å². The summed E-state index contributed by atoms with van der Waals surface area (Å²) in [6, 6.07) is 9.55. The Morgan fingerprint density at radius 2 is 1.81 bits per heavy atom. The molecule has 0 saturated heterocycles. The standard InChI is InChI=1S/C13H22N4O3S/c1-14-13(15-8-9-17-21(2,18)19)16-10-11-20-12-6-4-3-5-7-12/h3-7,17H,8-11H2,1-2H3,(H2,14,15,16). The number of nitrogens with zero attached hydrogens (tertiary/aromatic N) is 1. The number of benzene rings is 1. The van der Waals surface area contributed by atoms with Crippen LogP contribution in [0.15, 0.2) is 35.3 Å². The Labute approximate surface area is 125 Å². The van der Waals surface area contributed by atoms with E-state index in [-0.39, 0.29) is 0 Å². The Morgan fingerprint density at radius 3 is 2.43 bits per heavy atom. The Morgan fingerprint density at radius 1 is 1.14 bits per heavy atom. The van der Waals surface area contributed by atoms with Gasteiger partial charge in [0.2, 0.25) is 10.0 Å². The van der Waals surface area contributed by atoms with Crippen LogP contribution in [0.1, 0.15) is 0 Å². The zero-order chi connectivity index (χ0) is 15.6. The van der Waals surface area contributed by atoms with Gasteiger partial charge in [-0.25, -0.2) is 13.1 Å². The predicted octanol–water partition coefficient (Wildman–Crippen LogP) is -0.220. The van der Waals surface area contributed by atoms with E-state index < -0.39 is 10.0 Å². The maximum Gasteiger partial charge on any atom is 0.208 e. The van der Waals surface area contributed by atoms with Crippen molar-refractivity contribution in [1.29, 1.82) is 0 Å². The van der Waals surface area contributed by atoms with Crippen molar-refractivity contribution in [1.82, 2.24) is 15.4 Å². The summed E-state index contributed by atoms with van der Waals surface area (Å²) in [5.41, 5.74) is 0. The van der Waals surface area contributed by atoms with Gasteiger partial charge in [-0.1, -0.05) is 18.2 Å². The van der Waals surface area contributed by atoms with E-state index in [4.69, 9.17) is 4.74 Å². The molecule has 0 aliphatic rings. The number of hydrogen-bond donors (Lipinski definition) is 3. The molecular formula is C13H22N4O3S. The second-order valence-corrected chi connectivity index (χ2v) is 6.09. The highest BCUT2D eigenvalue weighted by molar-refractivity contribution is 7.88. The van der Waals surface area contributed by atoms with Gasteiger partial charge in [-0.15, -0.1) is 0 Å². The van der Waals surface area contributed by atoms with Crippen molar-refractivity contribution in [2.45, 2.75) is 0 Å². The summed E-state index contributed by atoms with van der Waals surface area (Å²) >= 11 is 0. The van der Waals surface area contributed by atoms with Crippen LogP contribution < -0.4 is 20.1 Å². The molecular weight excluding hydrogens is 292 g/mol. The van der Waals surface area contributed by atoms with Crippen LogP contribution in [0.5, 0.6) is 5.75 Å². The largest absolute Gasteiger partial charge is 0.492 e. The normalized spacial score (nSPS) is 12.0. The van der Waals surface area contributed by atoms with E-state index in [1.807, 2.05) is 30.3 Å². The summed E-state index contributed by atoms with van der Waals surface area (Å²) < 4.78 is 29.7. The summed E-state index contributed by atoms with van der Waals surface area (Å²) in [6.45, 7) is 1.85. The van der Waals surface area contributed by atoms with E-state index in [1.165, 1.54) is 0 Å². The summed E-state index contributed by atoms with van der Waals surface area (Å²) in [6.07, 6.45) is 1.13. The van der Waals surface area contributed by atoms with Crippen molar-refractivity contribution in [2.24, 2.45) is 4.99 Å². The van der Waals surface area contributed by atoms with Crippen LogP contribution in [-0.2, 0) is 10.0 Å². The highest BCUT2D eigenvalue weighted by atomic mass is 32.2. The van der Waals surface area contributed by atoms with Crippen molar-refractivity contribution in [3.05, 3.63) is 30.3 Å². The van der Waals surface area contributed by atoms with Gasteiger partial charge in [0.25, 0.3) is 0 Å². The van der Waals surface area contributed by atoms with Gasteiger partial charge in [-0.05, 0) is 12.1 Å². The minimum atomic E-state index is -3.15. The maximum atomic E-state index is 10.9. The highest BCUT2D eigenvalue weighted by Gasteiger charge is 2.00. The number of sulfonamides is 1. The fourth-order valence-electron chi connectivity index (χ4n) is 1.49. The first-order valence-corrected chi connectivity index (χ1v) is 8.47. The lowest BCUT2D eigenvalue weighted by Gasteiger charge is -2.12. The lowest BCUT2D eigenvalue weighted by Crippen LogP contribution is -2.42. The molecule has 0 spiro atoms. The maximum absolute atomic E-state index is 10.9. The van der Waals surface area contributed by atoms with E-state index in [0.29, 0.717) is 32.2 Å². The smallest absolute Gasteiger partial charge is 0.208 e. The van der Waals surface area contributed by atoms with E-state index in [2.05, 4.69) is 20.3 Å². The Hall–Kier alpha value is -1.80. The zero-order valence-corrected chi connectivity index (χ0v) is 13.1. The van der Waals surface area contributed by atoms with Crippen molar-refractivity contribution in [3.63, 3.8) is 0 Å². The molecule has 1 rings (SSSR count). The molecule has 8 heteroatoms. The number of nitrogens with one attached hydrogen (secondary N) is 3. The first kappa shape index (κ1) is 17.3. The van der Waals surface area contributed by atoms with Gasteiger partial charge in [0.05, 0.1) is 12.8 Å². The lowest BCUT2D eigenvalue weighted by atomic mass is 10.3. The average Bonchev–Trinajstić information content (AvgIpc) is 2.45. The second-order valence-electron chi connectivity index (χ2n) is 4.25. The molecule has 21 heavy (non-hydrogen) atoms. The fraction of sp³-hybridized carbons (Fsp3) is 0.462. The Kier molecular flexibility index (Phi) is 7.55. The van der Waals surface area contributed by atoms with Crippen LogP contribution >= 0.6 is 0 Å². The molecule has 0 aromatic heterocycles. The molecule has 0 aliphatic heterocycles. The third-order valence-corrected chi connectivity index (χ3v) is 3.14.